The van der Waals surface area contributed by atoms with Crippen LogP contribution in [0.5, 0.6) is 0 Å². The molecule has 3 aliphatic rings. The summed E-state index contributed by atoms with van der Waals surface area (Å²) in [5.74, 6) is -0.622. The van der Waals surface area contributed by atoms with E-state index < -0.39 is 24.2 Å². The third-order valence-corrected chi connectivity index (χ3v) is 8.35. The van der Waals surface area contributed by atoms with Crippen molar-refractivity contribution in [2.24, 2.45) is 0 Å². The van der Waals surface area contributed by atoms with Crippen LogP contribution in [0.25, 0.3) is 10.4 Å². The smallest absolute Gasteiger partial charge is 0.391 e. The summed E-state index contributed by atoms with van der Waals surface area (Å²) in [5.41, 5.74) is 1.31. The molecule has 36 heavy (non-hydrogen) atoms. The molecule has 2 aromatic rings. The average Bonchev–Trinajstić information content (AvgIpc) is 3.21. The van der Waals surface area contributed by atoms with Crippen molar-refractivity contribution in [1.29, 1.82) is 0 Å². The van der Waals surface area contributed by atoms with Crippen molar-refractivity contribution >= 4 is 29.0 Å². The van der Waals surface area contributed by atoms with Crippen LogP contribution in [0.4, 0.5) is 19.0 Å². The number of hydrogen-bond acceptors (Lipinski definition) is 7. The Kier molecular flexibility index (Phi) is 6.44. The van der Waals surface area contributed by atoms with Crippen LogP contribution in [0.2, 0.25) is 0 Å². The van der Waals surface area contributed by atoms with Crippen molar-refractivity contribution in [3.63, 3.8) is 0 Å². The van der Waals surface area contributed by atoms with Crippen molar-refractivity contribution in [3.8, 4) is 10.4 Å². The molecule has 8 nitrogen and oxygen atoms in total. The highest BCUT2D eigenvalue weighted by Crippen LogP contribution is 2.41. The van der Waals surface area contributed by atoms with Gasteiger partial charge in [-0.3, -0.25) is 9.59 Å². The molecule has 5 rings (SSSR count). The summed E-state index contributed by atoms with van der Waals surface area (Å²) in [4.78, 5) is 37.4. The number of thiazole rings is 1. The monoisotopic (exact) mass is 523 g/mol. The third kappa shape index (κ3) is 4.68. The van der Waals surface area contributed by atoms with E-state index in [0.29, 0.717) is 22.4 Å². The zero-order chi connectivity index (χ0) is 25.8. The number of carbonyl (C=O) groups is 2. The first-order chi connectivity index (χ1) is 17.1. The molecule has 2 amide bonds. The molecular weight excluding hydrogens is 495 g/mol. The average molecular weight is 524 g/mol. The first-order valence-electron chi connectivity index (χ1n) is 12.2. The van der Waals surface area contributed by atoms with E-state index in [9.17, 15) is 27.9 Å². The SMILES string of the molecule is CC[C@H](Nc1cc(C)c(-c2sc(C(=O)N[C@@H]3C[C@H]3O)nc2C(=O)N2C3CCC2CC3)cn1)C(F)(F)F. The zero-order valence-electron chi connectivity index (χ0n) is 19.9. The van der Waals surface area contributed by atoms with Gasteiger partial charge in [-0.1, -0.05) is 6.92 Å². The van der Waals surface area contributed by atoms with Crippen LogP contribution in [0.1, 0.15) is 71.3 Å². The molecule has 1 aliphatic carbocycles. The Hall–Kier alpha value is -2.73. The van der Waals surface area contributed by atoms with Crippen LogP contribution in [-0.4, -0.2) is 68.2 Å². The maximum Gasteiger partial charge on any atom is 0.408 e. The zero-order valence-corrected chi connectivity index (χ0v) is 20.7. The van der Waals surface area contributed by atoms with Gasteiger partial charge in [0, 0.05) is 23.8 Å². The molecule has 1 saturated carbocycles. The standard InChI is InChI=1S/C24H28F3N5O3S/c1-3-17(24(25,26)27)30-18-8-11(2)14(10-28-18)20-19(23(35)32-12-4-5-13(32)7-6-12)31-22(36-20)21(34)29-15-9-16(15)33/h8,10,12-13,15-17,33H,3-7,9H2,1-2H3,(H,28,30)(H,29,34)/t12?,13?,15-,16-,17+/m1/s1. The van der Waals surface area contributed by atoms with Crippen molar-refractivity contribution in [2.45, 2.75) is 88.8 Å². The second-order valence-corrected chi connectivity index (χ2v) is 10.8. The van der Waals surface area contributed by atoms with Gasteiger partial charge in [0.1, 0.15) is 17.6 Å². The van der Waals surface area contributed by atoms with Crippen LogP contribution in [-0.2, 0) is 0 Å². The predicted octanol–water partition coefficient (Wildman–Crippen LogP) is 3.90. The molecule has 4 heterocycles. The maximum atomic E-state index is 13.6. The summed E-state index contributed by atoms with van der Waals surface area (Å²) >= 11 is 1.05. The molecule has 2 aromatic heterocycles. The number of nitrogens with one attached hydrogen (secondary N) is 2. The lowest BCUT2D eigenvalue weighted by molar-refractivity contribution is -0.142. The number of carbonyl (C=O) groups excluding carboxylic acids is 2. The Morgan fingerprint density at radius 2 is 1.89 bits per heavy atom. The second-order valence-electron chi connectivity index (χ2n) is 9.79. The van der Waals surface area contributed by atoms with Crippen molar-refractivity contribution < 1.29 is 27.9 Å². The number of amides is 2. The normalized spacial score (nSPS) is 25.7. The number of pyridine rings is 1. The molecule has 2 aliphatic heterocycles. The van der Waals surface area contributed by atoms with Crippen LogP contribution in [0.3, 0.4) is 0 Å². The maximum absolute atomic E-state index is 13.6. The van der Waals surface area contributed by atoms with Gasteiger partial charge < -0.3 is 20.6 Å². The first kappa shape index (κ1) is 24.9. The summed E-state index contributed by atoms with van der Waals surface area (Å²) in [6, 6.07) is -0.218. The number of aliphatic hydroxyl groups excluding tert-OH is 1. The lowest BCUT2D eigenvalue weighted by Gasteiger charge is -2.22. The van der Waals surface area contributed by atoms with Gasteiger partial charge in [-0.25, -0.2) is 9.97 Å². The largest absolute Gasteiger partial charge is 0.408 e. The molecule has 3 N–H and O–H groups in total. The highest BCUT2D eigenvalue weighted by atomic mass is 32.1. The lowest BCUT2D eigenvalue weighted by atomic mass is 10.0. The molecule has 0 radical (unpaired) electrons. The van der Waals surface area contributed by atoms with Crippen LogP contribution in [0.15, 0.2) is 12.3 Å². The quantitative estimate of drug-likeness (QED) is 0.508. The molecule has 0 spiro atoms. The van der Waals surface area contributed by atoms with Gasteiger partial charge >= 0.3 is 6.18 Å². The van der Waals surface area contributed by atoms with Gasteiger partial charge in [0.2, 0.25) is 0 Å². The first-order valence-corrected chi connectivity index (χ1v) is 13.0. The van der Waals surface area contributed by atoms with Crippen LogP contribution >= 0.6 is 11.3 Å². The van der Waals surface area contributed by atoms with E-state index in [4.69, 9.17) is 0 Å². The van der Waals surface area contributed by atoms with Crippen molar-refractivity contribution in [3.05, 3.63) is 28.5 Å². The fourth-order valence-corrected chi connectivity index (χ4v) is 6.18. The van der Waals surface area contributed by atoms with E-state index >= 15 is 0 Å². The highest BCUT2D eigenvalue weighted by Gasteiger charge is 2.44. The molecule has 0 aromatic carbocycles. The van der Waals surface area contributed by atoms with Gasteiger partial charge in [-0.15, -0.1) is 11.3 Å². The fourth-order valence-electron chi connectivity index (χ4n) is 5.14. The fraction of sp³-hybridized carbons (Fsp3) is 0.583. The van der Waals surface area contributed by atoms with Crippen LogP contribution in [0, 0.1) is 6.92 Å². The summed E-state index contributed by atoms with van der Waals surface area (Å²) in [5, 5.41) is 14.8. The van der Waals surface area contributed by atoms with E-state index in [-0.39, 0.29) is 47.0 Å². The summed E-state index contributed by atoms with van der Waals surface area (Å²) in [6.45, 7) is 3.17. The number of rotatable bonds is 7. The minimum Gasteiger partial charge on any atom is -0.391 e. The Morgan fingerprint density at radius 1 is 1.25 bits per heavy atom. The second kappa shape index (κ2) is 9.29. The molecule has 0 unspecified atom stereocenters. The number of nitrogens with zero attached hydrogens (tertiary/aromatic N) is 3. The summed E-state index contributed by atoms with van der Waals surface area (Å²) < 4.78 is 39.6. The van der Waals surface area contributed by atoms with Gasteiger partial charge in [0.25, 0.3) is 11.8 Å². The number of aryl methyl sites for hydroxylation is 1. The lowest BCUT2D eigenvalue weighted by Crippen LogP contribution is -2.36. The van der Waals surface area contributed by atoms with Gasteiger partial charge in [-0.2, -0.15) is 13.2 Å². The number of hydrogen-bond donors (Lipinski definition) is 3. The molecule has 3 fully saturated rings. The van der Waals surface area contributed by atoms with Gasteiger partial charge in [0.15, 0.2) is 5.01 Å². The van der Waals surface area contributed by atoms with Crippen LogP contribution < -0.4 is 10.6 Å². The van der Waals surface area contributed by atoms with Gasteiger partial charge in [-0.05, 0) is 57.1 Å². The minimum atomic E-state index is -4.41. The van der Waals surface area contributed by atoms with E-state index in [1.54, 1.807) is 6.92 Å². The molecule has 2 saturated heterocycles. The Bertz CT molecular complexity index is 1170. The number of fused-ring (bicyclic) bond motifs is 2. The number of anilines is 1. The van der Waals surface area contributed by atoms with E-state index in [1.165, 1.54) is 19.2 Å². The molecular formula is C24H28F3N5O3S. The number of alkyl halides is 3. The highest BCUT2D eigenvalue weighted by molar-refractivity contribution is 7.17. The number of aromatic nitrogens is 2. The van der Waals surface area contributed by atoms with E-state index in [2.05, 4.69) is 20.6 Å². The molecule has 194 valence electrons. The molecule has 12 heteroatoms. The Morgan fingerprint density at radius 3 is 2.42 bits per heavy atom. The van der Waals surface area contributed by atoms with E-state index in [0.717, 1.165) is 37.0 Å². The molecule has 2 bridgehead atoms. The number of halogens is 3. The molecule has 3 atom stereocenters. The van der Waals surface area contributed by atoms with E-state index in [1.807, 2.05) is 4.90 Å². The topological polar surface area (TPSA) is 107 Å². The number of aliphatic hydroxyl groups is 1. The Balaban J connectivity index is 1.48. The van der Waals surface area contributed by atoms with Gasteiger partial charge in [0.05, 0.1) is 17.0 Å². The Labute approximate surface area is 210 Å². The summed E-state index contributed by atoms with van der Waals surface area (Å²) in [6.07, 6.45) is 0.548. The predicted molar refractivity (Wildman–Crippen MR) is 128 cm³/mol. The summed E-state index contributed by atoms with van der Waals surface area (Å²) in [7, 11) is 0. The third-order valence-electron chi connectivity index (χ3n) is 7.27. The minimum absolute atomic E-state index is 0.0797. The van der Waals surface area contributed by atoms with Crippen molar-refractivity contribution in [1.82, 2.24) is 20.2 Å². The van der Waals surface area contributed by atoms with Crippen molar-refractivity contribution in [2.75, 3.05) is 5.32 Å².